The summed E-state index contributed by atoms with van der Waals surface area (Å²) in [6, 6.07) is 0. The monoisotopic (exact) mass is 224 g/mol. The minimum atomic E-state index is -2.86. The molecule has 1 aliphatic rings. The molecule has 0 saturated carbocycles. The first-order valence-corrected chi connectivity index (χ1v) is 6.52. The molecule has 0 aromatic rings. The molecule has 5 heteroatoms. The Morgan fingerprint density at radius 2 is 2.54 bits per heavy atom. The maximum absolute atomic E-state index is 11.8. The van der Waals surface area contributed by atoms with Crippen molar-refractivity contribution in [1.82, 2.24) is 0 Å². The fraction of sp³-hybridized carbons (Fsp3) is 0.750. The summed E-state index contributed by atoms with van der Waals surface area (Å²) in [6.45, 7) is 3.62. The summed E-state index contributed by atoms with van der Waals surface area (Å²) in [5, 5.41) is 0. The number of allylic oxidation sites excluding steroid dienone is 2. The number of halogens is 1. The molecule has 3 nitrogen and oxygen atoms in total. The molecular formula is C8H14ClO3P. The molecule has 1 rings (SSSR count). The average molecular weight is 225 g/mol. The van der Waals surface area contributed by atoms with Crippen molar-refractivity contribution in [3.63, 3.8) is 0 Å². The van der Waals surface area contributed by atoms with Crippen LogP contribution in [0.15, 0.2) is 11.8 Å². The zero-order valence-corrected chi connectivity index (χ0v) is 9.48. The van der Waals surface area contributed by atoms with E-state index >= 15 is 0 Å². The van der Waals surface area contributed by atoms with E-state index in [1.165, 1.54) is 0 Å². The summed E-state index contributed by atoms with van der Waals surface area (Å²) < 4.78 is 22.2. The fourth-order valence-electron chi connectivity index (χ4n) is 1.08. The van der Waals surface area contributed by atoms with Crippen LogP contribution in [0.25, 0.3) is 0 Å². The zero-order chi connectivity index (χ0) is 9.90. The molecule has 0 aliphatic carbocycles. The molecule has 0 radical (unpaired) electrons. The number of hydrogen-bond acceptors (Lipinski definition) is 3. The van der Waals surface area contributed by atoms with Crippen LogP contribution in [0.2, 0.25) is 0 Å². The second kappa shape index (κ2) is 4.50. The van der Waals surface area contributed by atoms with Crippen LogP contribution >= 0.6 is 19.2 Å². The highest BCUT2D eigenvalue weighted by molar-refractivity contribution is 7.54. The molecule has 76 valence electrons. The molecular weight excluding hydrogens is 211 g/mol. The van der Waals surface area contributed by atoms with Gasteiger partial charge in [-0.3, -0.25) is 4.52 Å². The highest BCUT2D eigenvalue weighted by Crippen LogP contribution is 2.55. The molecule has 1 aliphatic heterocycles. The van der Waals surface area contributed by atoms with E-state index < -0.39 is 7.60 Å². The molecule has 0 aromatic carbocycles. The number of alkyl halides is 1. The van der Waals surface area contributed by atoms with Gasteiger partial charge in [-0.15, -0.1) is 11.6 Å². The van der Waals surface area contributed by atoms with Crippen molar-refractivity contribution in [3.05, 3.63) is 11.8 Å². The van der Waals surface area contributed by atoms with Crippen molar-refractivity contribution in [1.29, 1.82) is 0 Å². The van der Waals surface area contributed by atoms with Gasteiger partial charge in [0.15, 0.2) is 0 Å². The molecule has 0 amide bonds. The molecule has 0 saturated heterocycles. The largest absolute Gasteiger partial charge is 0.429 e. The molecule has 0 bridgehead atoms. The Hall–Kier alpha value is 0.0200. The minimum Gasteiger partial charge on any atom is -0.429 e. The van der Waals surface area contributed by atoms with E-state index in [2.05, 4.69) is 0 Å². The first-order chi connectivity index (χ1) is 6.06. The van der Waals surface area contributed by atoms with Gasteiger partial charge in [-0.2, -0.15) is 0 Å². The molecule has 0 spiro atoms. The van der Waals surface area contributed by atoms with Gasteiger partial charge >= 0.3 is 7.60 Å². The van der Waals surface area contributed by atoms with E-state index in [1.807, 2.05) is 6.92 Å². The predicted octanol–water partition coefficient (Wildman–Crippen LogP) is 3.15. The summed E-state index contributed by atoms with van der Waals surface area (Å²) in [5.41, 5.74) is 0. The average Bonchev–Trinajstić information content (AvgIpc) is 2.30. The summed E-state index contributed by atoms with van der Waals surface area (Å²) in [7, 11) is -2.86. The van der Waals surface area contributed by atoms with E-state index in [9.17, 15) is 4.57 Å². The van der Waals surface area contributed by atoms with Gasteiger partial charge in [-0.1, -0.05) is 0 Å². The Labute approximate surface area is 83.6 Å². The third kappa shape index (κ3) is 3.34. The van der Waals surface area contributed by atoms with Gasteiger partial charge in [0.2, 0.25) is 0 Å². The maximum atomic E-state index is 11.8. The standard InChI is InChI=1S/C8H14ClO3P/c1-7(3-5-9)11-13(10)6-4-8(2)12-13/h4,7H,3,5-6H2,1-2H3. The van der Waals surface area contributed by atoms with E-state index in [-0.39, 0.29) is 6.10 Å². The van der Waals surface area contributed by atoms with Crippen molar-refractivity contribution in [2.75, 3.05) is 12.0 Å². The lowest BCUT2D eigenvalue weighted by Gasteiger charge is -2.17. The van der Waals surface area contributed by atoms with Gasteiger partial charge < -0.3 is 4.52 Å². The van der Waals surface area contributed by atoms with Gasteiger partial charge in [-0.05, 0) is 26.3 Å². The van der Waals surface area contributed by atoms with Crippen LogP contribution in [0.5, 0.6) is 0 Å². The Kier molecular flexibility index (Phi) is 3.84. The zero-order valence-electron chi connectivity index (χ0n) is 7.83. The predicted molar refractivity (Wildman–Crippen MR) is 53.2 cm³/mol. The van der Waals surface area contributed by atoms with Crippen molar-refractivity contribution in [2.45, 2.75) is 26.4 Å². The highest BCUT2D eigenvalue weighted by Gasteiger charge is 2.31. The Morgan fingerprint density at radius 1 is 1.85 bits per heavy atom. The molecule has 2 atom stereocenters. The smallest absolute Gasteiger partial charge is 0.382 e. The molecule has 1 heterocycles. The topological polar surface area (TPSA) is 35.5 Å². The van der Waals surface area contributed by atoms with Gasteiger partial charge in [0, 0.05) is 5.88 Å². The molecule has 13 heavy (non-hydrogen) atoms. The van der Waals surface area contributed by atoms with E-state index in [0.717, 1.165) is 0 Å². The Morgan fingerprint density at radius 3 is 3.00 bits per heavy atom. The molecule has 0 N–H and O–H groups in total. The molecule has 0 fully saturated rings. The summed E-state index contributed by atoms with van der Waals surface area (Å²) in [4.78, 5) is 0. The van der Waals surface area contributed by atoms with Crippen LogP contribution in [0.1, 0.15) is 20.3 Å². The van der Waals surface area contributed by atoms with Gasteiger partial charge in [-0.25, -0.2) is 4.57 Å². The second-order valence-electron chi connectivity index (χ2n) is 3.09. The van der Waals surface area contributed by atoms with Gasteiger partial charge in [0.25, 0.3) is 0 Å². The molecule has 0 aromatic heterocycles. The van der Waals surface area contributed by atoms with Gasteiger partial charge in [0.1, 0.15) is 0 Å². The van der Waals surface area contributed by atoms with Crippen molar-refractivity contribution >= 4 is 19.2 Å². The van der Waals surface area contributed by atoms with Crippen molar-refractivity contribution in [2.24, 2.45) is 0 Å². The van der Waals surface area contributed by atoms with Crippen LogP contribution < -0.4 is 0 Å². The van der Waals surface area contributed by atoms with Gasteiger partial charge in [0.05, 0.1) is 18.0 Å². The lowest BCUT2D eigenvalue weighted by Crippen LogP contribution is -2.07. The fourth-order valence-corrected chi connectivity index (χ4v) is 3.24. The van der Waals surface area contributed by atoms with Crippen LogP contribution in [0.4, 0.5) is 0 Å². The summed E-state index contributed by atoms with van der Waals surface area (Å²) in [5.74, 6) is 1.19. The summed E-state index contributed by atoms with van der Waals surface area (Å²) >= 11 is 5.53. The highest BCUT2D eigenvalue weighted by atomic mass is 35.5. The third-order valence-electron chi connectivity index (χ3n) is 1.74. The number of hydrogen-bond donors (Lipinski definition) is 0. The SMILES string of the molecule is CC1=CCP(=O)(OC(C)CCCl)O1. The normalized spacial score (nSPS) is 29.6. The van der Waals surface area contributed by atoms with E-state index in [1.54, 1.807) is 13.0 Å². The number of rotatable bonds is 4. The quantitative estimate of drug-likeness (QED) is 0.544. The van der Waals surface area contributed by atoms with E-state index in [4.69, 9.17) is 20.6 Å². The lowest BCUT2D eigenvalue weighted by atomic mass is 10.3. The second-order valence-corrected chi connectivity index (χ2v) is 5.45. The Bertz CT molecular complexity index is 252. The minimum absolute atomic E-state index is 0.109. The van der Waals surface area contributed by atoms with Crippen molar-refractivity contribution < 1.29 is 13.6 Å². The van der Waals surface area contributed by atoms with Crippen LogP contribution in [-0.2, 0) is 13.6 Å². The molecule has 2 unspecified atom stereocenters. The van der Waals surface area contributed by atoms with Crippen LogP contribution in [-0.4, -0.2) is 18.1 Å². The van der Waals surface area contributed by atoms with Crippen molar-refractivity contribution in [3.8, 4) is 0 Å². The first kappa shape index (κ1) is 11.1. The lowest BCUT2D eigenvalue weighted by molar-refractivity contribution is 0.181. The third-order valence-corrected chi connectivity index (χ3v) is 3.84. The van der Waals surface area contributed by atoms with Crippen LogP contribution in [0.3, 0.4) is 0 Å². The Balaban J connectivity index is 2.41. The maximum Gasteiger partial charge on any atom is 0.382 e. The van der Waals surface area contributed by atoms with Crippen LogP contribution in [0, 0.1) is 0 Å². The first-order valence-electron chi connectivity index (χ1n) is 4.25. The van der Waals surface area contributed by atoms with E-state index in [0.29, 0.717) is 24.2 Å². The summed E-state index contributed by atoms with van der Waals surface area (Å²) in [6.07, 6.45) is 2.75.